The van der Waals surface area contributed by atoms with E-state index in [1.165, 1.54) is 6.07 Å². The predicted molar refractivity (Wildman–Crippen MR) is 164 cm³/mol. The van der Waals surface area contributed by atoms with Gasteiger partial charge in [0, 0.05) is 29.6 Å². The lowest BCUT2D eigenvalue weighted by molar-refractivity contribution is -0.155. The molecule has 0 heterocycles. The van der Waals surface area contributed by atoms with Crippen molar-refractivity contribution < 1.29 is 34.8 Å². The maximum Gasteiger partial charge on any atom is 0.255 e. The van der Waals surface area contributed by atoms with Crippen LogP contribution in [0.3, 0.4) is 0 Å². The topological polar surface area (TPSA) is 170 Å². The molecule has 7 N–H and O–H groups in total. The largest absolute Gasteiger partial charge is 0.508 e. The van der Waals surface area contributed by atoms with Crippen LogP contribution in [0.15, 0.2) is 83.6 Å². The Bertz CT molecular complexity index is 1760. The number of phenolic OH excluding ortho intramolecular Hbond substituents is 1. The van der Waals surface area contributed by atoms with E-state index in [-0.39, 0.29) is 29.7 Å². The molecule has 44 heavy (non-hydrogen) atoms. The summed E-state index contributed by atoms with van der Waals surface area (Å²) >= 11 is 0. The molecule has 9 heteroatoms. The second-order valence-corrected chi connectivity index (χ2v) is 12.2. The van der Waals surface area contributed by atoms with Gasteiger partial charge in [0.15, 0.2) is 11.4 Å². The summed E-state index contributed by atoms with van der Waals surface area (Å²) in [6.07, 6.45) is 0.311. The molecule has 0 aliphatic heterocycles. The number of rotatable bonds is 6. The highest BCUT2D eigenvalue weighted by atomic mass is 16.3. The minimum absolute atomic E-state index is 0.0739. The van der Waals surface area contributed by atoms with Crippen molar-refractivity contribution in [2.24, 2.45) is 29.4 Å². The average Bonchev–Trinajstić information content (AvgIpc) is 2.98. The number of benzene rings is 3. The number of primary amides is 1. The van der Waals surface area contributed by atoms with Gasteiger partial charge in [-0.15, -0.1) is 0 Å². The van der Waals surface area contributed by atoms with Gasteiger partial charge >= 0.3 is 0 Å². The second-order valence-electron chi connectivity index (χ2n) is 12.2. The Hall–Kier alpha value is -4.89. The standard InChI is InChI=1S/C35H34N2O7/c1-17(2)26-24-15-20-14-23-22(19-10-8-18(9-11-19)16-37-21-6-4-3-5-7-21)12-13-25(38)28(23)31(40)27(20)32(41)35(24,44)33(42)29(30(26)39)34(36)43/h3-13,17,20,24,26,37-38,40,42,44H,14-16H2,1-2H3,(H2,36,43)/t20-,24-,26-,35-/m0/s1. The fraction of sp³-hybridized carbons (Fsp3) is 0.286. The zero-order valence-corrected chi connectivity index (χ0v) is 24.4. The first-order valence-corrected chi connectivity index (χ1v) is 14.7. The summed E-state index contributed by atoms with van der Waals surface area (Å²) in [6, 6.07) is 21.0. The van der Waals surface area contributed by atoms with E-state index in [0.717, 1.165) is 22.4 Å². The van der Waals surface area contributed by atoms with Crippen molar-refractivity contribution in [1.82, 2.24) is 0 Å². The Morgan fingerprint density at radius 1 is 1.00 bits per heavy atom. The van der Waals surface area contributed by atoms with Gasteiger partial charge < -0.3 is 31.5 Å². The summed E-state index contributed by atoms with van der Waals surface area (Å²) in [5, 5.41) is 48.6. The van der Waals surface area contributed by atoms with Gasteiger partial charge in [-0.1, -0.05) is 62.4 Å². The van der Waals surface area contributed by atoms with Crippen molar-refractivity contribution in [1.29, 1.82) is 0 Å². The number of aliphatic hydroxyl groups is 3. The Kier molecular flexibility index (Phi) is 7.08. The zero-order valence-electron chi connectivity index (χ0n) is 24.4. The maximum absolute atomic E-state index is 14.0. The van der Waals surface area contributed by atoms with Crippen LogP contribution in [0.2, 0.25) is 0 Å². The van der Waals surface area contributed by atoms with E-state index in [2.05, 4.69) is 5.32 Å². The van der Waals surface area contributed by atoms with Gasteiger partial charge in [0.25, 0.3) is 5.91 Å². The lowest BCUT2D eigenvalue weighted by atomic mass is 9.54. The normalized spacial score (nSPS) is 24.6. The monoisotopic (exact) mass is 594 g/mol. The predicted octanol–water partition coefficient (Wildman–Crippen LogP) is 4.59. The molecule has 0 bridgehead atoms. The molecule has 3 aromatic rings. The average molecular weight is 595 g/mol. The number of Topliss-reactive ketones (excluding diaryl/α,β-unsaturated/α-hetero) is 2. The third-order valence-corrected chi connectivity index (χ3v) is 9.39. The van der Waals surface area contributed by atoms with Crippen LogP contribution < -0.4 is 11.1 Å². The van der Waals surface area contributed by atoms with E-state index in [9.17, 15) is 34.8 Å². The minimum Gasteiger partial charge on any atom is -0.508 e. The Morgan fingerprint density at radius 3 is 2.32 bits per heavy atom. The molecule has 3 aliphatic carbocycles. The molecule has 6 rings (SSSR count). The van der Waals surface area contributed by atoms with Crippen molar-refractivity contribution >= 4 is 28.9 Å². The molecule has 3 aromatic carbocycles. The van der Waals surface area contributed by atoms with E-state index in [1.807, 2.05) is 54.6 Å². The summed E-state index contributed by atoms with van der Waals surface area (Å²) in [6.45, 7) is 4.10. The fourth-order valence-electron chi connectivity index (χ4n) is 7.32. The number of aliphatic hydroxyl groups excluding tert-OH is 2. The summed E-state index contributed by atoms with van der Waals surface area (Å²) in [4.78, 5) is 39.6. The third kappa shape index (κ3) is 4.38. The van der Waals surface area contributed by atoms with Crippen molar-refractivity contribution in [2.45, 2.75) is 38.8 Å². The molecule has 0 saturated heterocycles. The number of nitrogens with two attached hydrogens (primary N) is 1. The molecule has 0 aromatic heterocycles. The molecule has 0 spiro atoms. The molecule has 4 atom stereocenters. The second kappa shape index (κ2) is 10.7. The van der Waals surface area contributed by atoms with Gasteiger partial charge in [0.1, 0.15) is 22.8 Å². The number of amides is 1. The van der Waals surface area contributed by atoms with Crippen molar-refractivity contribution in [3.05, 3.63) is 100 Å². The SMILES string of the molecule is CC(C)[C@@H]1C(=O)C(C(N)=O)=C(O)[C@@]2(O)C(=O)C3=C(O)c4c(O)ccc(-c5ccc(CNc6ccccc6)cc5)c4C[C@H]3C[C@@H]12. The van der Waals surface area contributed by atoms with E-state index in [0.29, 0.717) is 12.1 Å². The molecular formula is C35H34N2O7. The molecule has 0 unspecified atom stereocenters. The molecule has 1 saturated carbocycles. The van der Waals surface area contributed by atoms with Gasteiger partial charge in [-0.2, -0.15) is 0 Å². The lowest BCUT2D eigenvalue weighted by Gasteiger charge is -2.50. The quantitative estimate of drug-likeness (QED) is 0.225. The number of para-hydroxylation sites is 1. The molecule has 1 fully saturated rings. The molecular weight excluding hydrogens is 560 g/mol. The fourth-order valence-corrected chi connectivity index (χ4v) is 7.32. The lowest BCUT2D eigenvalue weighted by Crippen LogP contribution is -2.62. The molecule has 0 radical (unpaired) electrons. The van der Waals surface area contributed by atoms with Crippen LogP contribution in [0, 0.1) is 23.7 Å². The van der Waals surface area contributed by atoms with Crippen LogP contribution in [0.1, 0.15) is 37.0 Å². The van der Waals surface area contributed by atoms with E-state index in [1.54, 1.807) is 19.9 Å². The number of carbonyl (C=O) groups excluding carboxylic acids is 3. The van der Waals surface area contributed by atoms with Crippen molar-refractivity contribution in [3.63, 3.8) is 0 Å². The number of nitrogens with one attached hydrogen (secondary N) is 1. The first-order chi connectivity index (χ1) is 20.9. The van der Waals surface area contributed by atoms with Crippen LogP contribution in [0.25, 0.3) is 16.9 Å². The highest BCUT2D eigenvalue weighted by Gasteiger charge is 2.64. The van der Waals surface area contributed by atoms with Crippen LogP contribution in [-0.4, -0.2) is 43.5 Å². The molecule has 9 nitrogen and oxygen atoms in total. The first-order valence-electron chi connectivity index (χ1n) is 14.7. The van der Waals surface area contributed by atoms with Crippen molar-refractivity contribution in [3.8, 4) is 16.9 Å². The smallest absolute Gasteiger partial charge is 0.255 e. The van der Waals surface area contributed by atoms with Crippen LogP contribution >= 0.6 is 0 Å². The number of anilines is 1. The zero-order chi connectivity index (χ0) is 31.5. The van der Waals surface area contributed by atoms with E-state index in [4.69, 9.17) is 5.73 Å². The summed E-state index contributed by atoms with van der Waals surface area (Å²) in [5.74, 6) is -7.79. The Labute approximate surface area is 254 Å². The number of ketones is 2. The third-order valence-electron chi connectivity index (χ3n) is 9.39. The minimum atomic E-state index is -2.62. The van der Waals surface area contributed by atoms with Gasteiger partial charge in [-0.05, 0) is 65.1 Å². The van der Waals surface area contributed by atoms with Gasteiger partial charge in [0.05, 0.1) is 5.56 Å². The highest BCUT2D eigenvalue weighted by Crippen LogP contribution is 2.55. The number of hydrogen-bond donors (Lipinski definition) is 6. The Morgan fingerprint density at radius 2 is 1.68 bits per heavy atom. The van der Waals surface area contributed by atoms with Gasteiger partial charge in [-0.25, -0.2) is 0 Å². The maximum atomic E-state index is 14.0. The van der Waals surface area contributed by atoms with Gasteiger partial charge in [-0.3, -0.25) is 14.4 Å². The van der Waals surface area contributed by atoms with Crippen LogP contribution in [0.4, 0.5) is 5.69 Å². The number of fused-ring (bicyclic) bond motifs is 3. The number of carbonyl (C=O) groups is 3. The first kappa shape index (κ1) is 29.2. The molecule has 226 valence electrons. The summed E-state index contributed by atoms with van der Waals surface area (Å²) in [7, 11) is 0. The summed E-state index contributed by atoms with van der Waals surface area (Å²) in [5.41, 5.74) is 6.20. The van der Waals surface area contributed by atoms with Crippen molar-refractivity contribution in [2.75, 3.05) is 5.32 Å². The number of phenols is 1. The van der Waals surface area contributed by atoms with Crippen LogP contribution in [-0.2, 0) is 27.3 Å². The summed E-state index contributed by atoms with van der Waals surface area (Å²) < 4.78 is 0. The molecule has 3 aliphatic rings. The highest BCUT2D eigenvalue weighted by molar-refractivity contribution is 6.23. The Balaban J connectivity index is 1.41. The number of hydrogen-bond acceptors (Lipinski definition) is 8. The number of aromatic hydroxyl groups is 1. The van der Waals surface area contributed by atoms with Gasteiger partial charge in [0.2, 0.25) is 5.78 Å². The van der Waals surface area contributed by atoms with Crippen LogP contribution in [0.5, 0.6) is 5.75 Å². The molecule has 1 amide bonds. The van der Waals surface area contributed by atoms with E-state index < -0.39 is 63.8 Å². The van der Waals surface area contributed by atoms with E-state index >= 15 is 0 Å².